The van der Waals surface area contributed by atoms with Gasteiger partial charge in [-0.3, -0.25) is 0 Å². The minimum absolute atomic E-state index is 0.0142. The summed E-state index contributed by atoms with van der Waals surface area (Å²) in [7, 11) is -11.5. The predicted octanol–water partition coefficient (Wildman–Crippen LogP) is 6.14. The van der Waals surface area contributed by atoms with Crippen LogP contribution in [0.25, 0.3) is 0 Å². The van der Waals surface area contributed by atoms with Gasteiger partial charge in [0.05, 0.1) is 22.9 Å². The second kappa shape index (κ2) is 13.0. The van der Waals surface area contributed by atoms with Gasteiger partial charge in [0.15, 0.2) is 13.2 Å². The van der Waals surface area contributed by atoms with Crippen LogP contribution in [0.2, 0.25) is 18.1 Å². The van der Waals surface area contributed by atoms with E-state index in [2.05, 4.69) is 0 Å². The fraction of sp³-hybridized carbons (Fsp3) is 0.424. The molecule has 9 nitrogen and oxygen atoms in total. The fourth-order valence-corrected chi connectivity index (χ4v) is 10.0. The first-order valence-electron chi connectivity index (χ1n) is 14.9. The van der Waals surface area contributed by atoms with Crippen molar-refractivity contribution >= 4 is 34.3 Å². The van der Waals surface area contributed by atoms with E-state index < -0.39 is 52.3 Å². The quantitative estimate of drug-likeness (QED) is 0.251. The van der Waals surface area contributed by atoms with Crippen molar-refractivity contribution < 1.29 is 30.8 Å². The number of rotatable bonds is 9. The summed E-state index contributed by atoms with van der Waals surface area (Å²) in [6, 6.07) is 21.7. The van der Waals surface area contributed by atoms with Crippen molar-refractivity contribution in [2.75, 3.05) is 26.2 Å². The zero-order valence-electron chi connectivity index (χ0n) is 27.1. The molecule has 12 heteroatoms. The molecule has 0 radical (unpaired) electrons. The van der Waals surface area contributed by atoms with Crippen molar-refractivity contribution in [3.8, 4) is 0 Å². The van der Waals surface area contributed by atoms with Gasteiger partial charge in [0.1, 0.15) is 6.61 Å². The van der Waals surface area contributed by atoms with Crippen LogP contribution in [0.15, 0.2) is 88.7 Å². The number of aryl methyl sites for hydroxylation is 2. The number of amides is 1. The summed E-state index contributed by atoms with van der Waals surface area (Å²) in [5.41, 5.74) is 2.48. The molecule has 1 heterocycles. The summed E-state index contributed by atoms with van der Waals surface area (Å²) in [6.45, 7) is 12.4. The zero-order chi connectivity index (χ0) is 33.3. The number of sulfone groups is 1. The SMILES string of the molecule is Cc1ccc(S(=O)(=O)N2CCN(C(=O)OCc3ccccc3)CC2(CO[Si](C)(C)C(C)(C)C)S(=O)(=O)c2ccc(C)cc2)cc1. The molecule has 0 N–H and O–H groups in total. The van der Waals surface area contributed by atoms with Crippen LogP contribution in [0.5, 0.6) is 0 Å². The van der Waals surface area contributed by atoms with Gasteiger partial charge >= 0.3 is 6.09 Å². The highest BCUT2D eigenvalue weighted by Gasteiger charge is 2.59. The van der Waals surface area contributed by atoms with Crippen molar-refractivity contribution in [2.45, 2.75) is 74.0 Å². The molecule has 1 saturated heterocycles. The van der Waals surface area contributed by atoms with E-state index in [1.807, 2.05) is 78.0 Å². The Kier molecular flexibility index (Phi) is 10.1. The van der Waals surface area contributed by atoms with Gasteiger partial charge in [0, 0.05) is 13.1 Å². The largest absolute Gasteiger partial charge is 0.445 e. The first kappa shape index (κ1) is 34.8. The number of hydrogen-bond acceptors (Lipinski definition) is 7. The van der Waals surface area contributed by atoms with Gasteiger partial charge in [-0.1, -0.05) is 86.5 Å². The number of hydrogen-bond donors (Lipinski definition) is 0. The molecule has 1 unspecified atom stereocenters. The molecular formula is C33H44N2O7S2Si. The van der Waals surface area contributed by atoms with Crippen molar-refractivity contribution in [3.63, 3.8) is 0 Å². The number of nitrogens with zero attached hydrogens (tertiary/aromatic N) is 2. The second-order valence-corrected chi connectivity index (χ2v) is 22.1. The lowest BCUT2D eigenvalue weighted by Gasteiger charge is -2.49. The number of carbonyl (C=O) groups is 1. The smallest absolute Gasteiger partial charge is 0.410 e. The molecule has 1 aliphatic heterocycles. The molecule has 0 aliphatic carbocycles. The Bertz CT molecular complexity index is 1710. The highest BCUT2D eigenvalue weighted by molar-refractivity contribution is 7.95. The third-order valence-corrected chi connectivity index (χ3v) is 17.8. The molecule has 0 aromatic heterocycles. The zero-order valence-corrected chi connectivity index (χ0v) is 29.7. The van der Waals surface area contributed by atoms with Crippen molar-refractivity contribution in [2.24, 2.45) is 0 Å². The number of benzene rings is 3. The van der Waals surface area contributed by atoms with Crippen molar-refractivity contribution in [3.05, 3.63) is 95.6 Å². The van der Waals surface area contributed by atoms with Crippen LogP contribution in [-0.2, 0) is 35.6 Å². The van der Waals surface area contributed by atoms with Crippen LogP contribution in [0.3, 0.4) is 0 Å². The Morgan fingerprint density at radius 3 is 1.89 bits per heavy atom. The van der Waals surface area contributed by atoms with E-state index in [-0.39, 0.29) is 34.5 Å². The Balaban J connectivity index is 1.87. The third kappa shape index (κ3) is 7.20. The first-order chi connectivity index (χ1) is 20.9. The molecule has 1 atom stereocenters. The Labute approximate surface area is 269 Å². The lowest BCUT2D eigenvalue weighted by Crippen LogP contribution is -2.70. The Morgan fingerprint density at radius 1 is 0.822 bits per heavy atom. The molecule has 0 saturated carbocycles. The Hall–Kier alpha value is -3.03. The minimum atomic E-state index is -4.50. The first-order valence-corrected chi connectivity index (χ1v) is 20.7. The van der Waals surface area contributed by atoms with Crippen molar-refractivity contribution in [1.82, 2.24) is 9.21 Å². The summed E-state index contributed by atoms with van der Waals surface area (Å²) in [5, 5.41) is -0.300. The Morgan fingerprint density at radius 2 is 1.36 bits per heavy atom. The minimum Gasteiger partial charge on any atom is -0.445 e. The average molecular weight is 673 g/mol. The lowest BCUT2D eigenvalue weighted by molar-refractivity contribution is 0.0445. The van der Waals surface area contributed by atoms with Crippen LogP contribution in [0.4, 0.5) is 4.79 Å². The number of ether oxygens (including phenoxy) is 1. The number of sulfonamides is 1. The summed E-state index contributed by atoms with van der Waals surface area (Å²) >= 11 is 0. The molecule has 45 heavy (non-hydrogen) atoms. The highest BCUT2D eigenvalue weighted by Crippen LogP contribution is 2.42. The molecule has 4 rings (SSSR count). The van der Waals surface area contributed by atoms with E-state index in [4.69, 9.17) is 9.16 Å². The molecule has 0 spiro atoms. The second-order valence-electron chi connectivity index (χ2n) is 13.2. The molecule has 244 valence electrons. The molecule has 3 aromatic rings. The average Bonchev–Trinajstić information content (AvgIpc) is 2.99. The van der Waals surface area contributed by atoms with E-state index in [1.54, 1.807) is 24.3 Å². The summed E-state index contributed by atoms with van der Waals surface area (Å²) < 4.78 is 72.0. The molecule has 1 aliphatic rings. The van der Waals surface area contributed by atoms with Crippen LogP contribution >= 0.6 is 0 Å². The maximum Gasteiger partial charge on any atom is 0.410 e. The lowest BCUT2D eigenvalue weighted by atomic mass is 10.2. The van der Waals surface area contributed by atoms with Crippen LogP contribution in [0.1, 0.15) is 37.5 Å². The normalized spacial score (nSPS) is 18.5. The van der Waals surface area contributed by atoms with Gasteiger partial charge in [-0.05, 0) is 61.8 Å². The molecule has 1 fully saturated rings. The predicted molar refractivity (Wildman–Crippen MR) is 178 cm³/mol. The van der Waals surface area contributed by atoms with E-state index in [1.165, 1.54) is 29.2 Å². The van der Waals surface area contributed by atoms with E-state index >= 15 is 0 Å². The summed E-state index contributed by atoms with van der Waals surface area (Å²) in [5.74, 6) is 0. The van der Waals surface area contributed by atoms with E-state index in [0.717, 1.165) is 21.0 Å². The van der Waals surface area contributed by atoms with E-state index in [9.17, 15) is 21.6 Å². The third-order valence-electron chi connectivity index (χ3n) is 8.83. The summed E-state index contributed by atoms with van der Waals surface area (Å²) in [6.07, 6.45) is -0.734. The number of piperazine rings is 1. The van der Waals surface area contributed by atoms with Gasteiger partial charge in [-0.15, -0.1) is 0 Å². The standard InChI is InChI=1S/C33H44N2O7S2Si/c1-26-13-17-29(18-14-26)43(37,38)33(25-42-45(6,7)32(3,4)5)24-34(31(36)41-23-28-11-9-8-10-12-28)21-22-35(33)44(39,40)30-19-15-27(2)16-20-30/h8-20H,21-25H2,1-7H3. The molecular weight excluding hydrogens is 629 g/mol. The number of carbonyl (C=O) groups excluding carboxylic acids is 1. The van der Waals surface area contributed by atoms with Crippen LogP contribution < -0.4 is 0 Å². The van der Waals surface area contributed by atoms with E-state index in [0.29, 0.717) is 0 Å². The highest BCUT2D eigenvalue weighted by atomic mass is 32.2. The summed E-state index contributed by atoms with van der Waals surface area (Å²) in [4.78, 5) is 12.5. The van der Waals surface area contributed by atoms with Gasteiger partial charge in [0.2, 0.25) is 19.9 Å². The van der Waals surface area contributed by atoms with Crippen LogP contribution in [0, 0.1) is 13.8 Å². The van der Waals surface area contributed by atoms with Crippen molar-refractivity contribution in [1.29, 1.82) is 0 Å². The maximum atomic E-state index is 14.9. The van der Waals surface area contributed by atoms with Gasteiger partial charge in [-0.25, -0.2) is 21.6 Å². The van der Waals surface area contributed by atoms with Crippen LogP contribution in [-0.4, -0.2) is 71.6 Å². The van der Waals surface area contributed by atoms with Gasteiger partial charge in [-0.2, -0.15) is 4.31 Å². The topological polar surface area (TPSA) is 110 Å². The van der Waals surface area contributed by atoms with Gasteiger partial charge < -0.3 is 14.1 Å². The maximum absolute atomic E-state index is 14.9. The molecule has 0 bridgehead atoms. The molecule has 1 amide bonds. The van der Waals surface area contributed by atoms with Gasteiger partial charge in [0.25, 0.3) is 0 Å². The fourth-order valence-electron chi connectivity index (χ4n) is 4.88. The molecule has 3 aromatic carbocycles. The monoisotopic (exact) mass is 672 g/mol.